The summed E-state index contributed by atoms with van der Waals surface area (Å²) >= 11 is 6.79. The lowest BCUT2D eigenvalue weighted by Gasteiger charge is -2.37. The number of aliphatic carboxylic acids is 1. The van der Waals surface area contributed by atoms with Crippen molar-refractivity contribution >= 4 is 124 Å². The Balaban J connectivity index is 0.723. The number of rotatable bonds is 50. The van der Waals surface area contributed by atoms with Crippen LogP contribution in [0.5, 0.6) is 0 Å². The first-order valence-corrected chi connectivity index (χ1v) is 53.7. The van der Waals surface area contributed by atoms with E-state index in [1.807, 2.05) is 455 Å². The molecule has 10 amide bonds. The molecule has 5 atom stereocenters. The minimum absolute atomic E-state index is 0.0204. The summed E-state index contributed by atoms with van der Waals surface area (Å²) in [6, 6.07) is 138. The van der Waals surface area contributed by atoms with E-state index in [2.05, 4.69) is 53.2 Å². The largest absolute Gasteiger partial charge is 0.480 e. The van der Waals surface area contributed by atoms with Gasteiger partial charge in [-0.2, -0.15) is 0 Å². The van der Waals surface area contributed by atoms with E-state index in [1.165, 1.54) is 65.7 Å². The lowest BCUT2D eigenvalue weighted by molar-refractivity contribution is -0.138. The normalized spacial score (nSPS) is 12.5. The molecule has 0 radical (unpaired) electrons. The van der Waals surface area contributed by atoms with E-state index in [0.717, 1.165) is 83.5 Å². The fourth-order valence-electron chi connectivity index (χ4n) is 18.5. The van der Waals surface area contributed by atoms with Crippen molar-refractivity contribution in [2.45, 2.75) is 60.9 Å². The molecular weight excluding hydrogens is 1960 g/mol. The number of nitrogens with one attached hydrogen (secondary N) is 10. The minimum atomic E-state index is -1.53. The summed E-state index contributed by atoms with van der Waals surface area (Å²) in [6.07, 6.45) is 0. The van der Waals surface area contributed by atoms with Crippen molar-refractivity contribution in [1.82, 2.24) is 53.2 Å². The first kappa shape index (κ1) is 107. The predicted octanol–water partition coefficient (Wildman–Crippen LogP) is 16.7. The number of carboxylic acids is 1. The van der Waals surface area contributed by atoms with Gasteiger partial charge in [-0.25, -0.2) is 0 Å². The standard InChI is InChI=1S/C122H114N10O12S5/c1-87(133)128-103(82-145-118(88-47-17-2-18-48-88,89-49-19-3-20-50-89)90-51-21-4-22-52-90)113(140)123-77-108(134)129-104(83-146-119(91-53-23-5-24-54-91,92-55-25-6-26-56-92)93-57-27-7-28-58-93)114(141)124-78-109(135)130-105(84-147-120(94-59-29-8-30-60-94,95-61-31-9-32-62-95)96-63-33-10-34-64-96)115(142)125-79-110(136)131-106(85-148-121(97-65-35-11-36-66-97,98-67-37-12-38-68-98)99-69-39-13-40-70-99)116(143)126-80-111(137)132-107(117(144)127-81-112(138)139)86-149-122(100-71-41-14-42-72-100,101-73-43-15-44-74-101)102-75-45-16-46-76-102/h2-76,103-107H,77-86H2,1H3,(H,123,140)(H,124,141)(H,125,142)(H,126,143)(H,127,144)(H,128,133)(H,129,134)(H,130,135)(H,131,136)(H,132,137)(H,138,139)/t103-,104-,105-,106-,107-/m0/s1. The number of amides is 10. The summed E-state index contributed by atoms with van der Waals surface area (Å²) in [5.74, 6) is -9.92. The molecule has 0 fully saturated rings. The zero-order valence-electron chi connectivity index (χ0n) is 81.7. The minimum Gasteiger partial charge on any atom is -0.480 e. The summed E-state index contributed by atoms with van der Waals surface area (Å²) in [5, 5.41) is 37.8. The summed E-state index contributed by atoms with van der Waals surface area (Å²) in [4.78, 5) is 162. The maximum atomic E-state index is 15.8. The fourth-order valence-corrected chi connectivity index (χ4v) is 26.3. The summed E-state index contributed by atoms with van der Waals surface area (Å²) < 4.78 is -5.15. The van der Waals surface area contributed by atoms with Gasteiger partial charge in [0.15, 0.2) is 0 Å². The van der Waals surface area contributed by atoms with Crippen LogP contribution >= 0.6 is 58.8 Å². The Kier molecular flexibility index (Phi) is 38.2. The summed E-state index contributed by atoms with van der Waals surface area (Å²) in [5.41, 5.74) is 12.6. The molecule has 0 saturated heterocycles. The number of hydrogen-bond donors (Lipinski definition) is 11. The van der Waals surface area contributed by atoms with Crippen molar-refractivity contribution in [3.8, 4) is 0 Å². The summed E-state index contributed by atoms with van der Waals surface area (Å²) in [7, 11) is 0. The Morgan fingerprint density at radius 2 is 0.302 bits per heavy atom. The molecule has 22 nitrogen and oxygen atoms in total. The fraction of sp³-hybridized carbons (Fsp3) is 0.172. The highest BCUT2D eigenvalue weighted by molar-refractivity contribution is 8.01. The number of hydrogen-bond acceptors (Lipinski definition) is 16. The van der Waals surface area contributed by atoms with Crippen molar-refractivity contribution in [3.05, 3.63) is 538 Å². The number of carbonyl (C=O) groups excluding carboxylic acids is 10. The van der Waals surface area contributed by atoms with Crippen molar-refractivity contribution < 1.29 is 57.8 Å². The van der Waals surface area contributed by atoms with Gasteiger partial charge in [0.05, 0.1) is 49.9 Å². The second-order valence-electron chi connectivity index (χ2n) is 35.2. The van der Waals surface area contributed by atoms with Crippen LogP contribution < -0.4 is 53.2 Å². The lowest BCUT2D eigenvalue weighted by atomic mass is 9.84. The molecule has 0 aliphatic carbocycles. The highest BCUT2D eigenvalue weighted by Crippen LogP contribution is 2.54. The number of carboxylic acid groups (broad SMARTS) is 1. The zero-order chi connectivity index (χ0) is 104. The van der Waals surface area contributed by atoms with Gasteiger partial charge in [-0.1, -0.05) is 455 Å². The second kappa shape index (κ2) is 53.0. The van der Waals surface area contributed by atoms with Crippen LogP contribution in [0.4, 0.5) is 0 Å². The van der Waals surface area contributed by atoms with E-state index in [-0.39, 0.29) is 28.8 Å². The quantitative estimate of drug-likeness (QED) is 0.0158. The van der Waals surface area contributed by atoms with Crippen LogP contribution in [0.3, 0.4) is 0 Å². The molecule has 0 aromatic heterocycles. The van der Waals surface area contributed by atoms with Gasteiger partial charge < -0.3 is 58.3 Å². The topological polar surface area (TPSA) is 328 Å². The highest BCUT2D eigenvalue weighted by Gasteiger charge is 2.46. The Labute approximate surface area is 889 Å². The van der Waals surface area contributed by atoms with Gasteiger partial charge in [0, 0.05) is 35.7 Å². The maximum Gasteiger partial charge on any atom is 0.322 e. The molecule has 15 aromatic rings. The smallest absolute Gasteiger partial charge is 0.322 e. The van der Waals surface area contributed by atoms with Crippen molar-refractivity contribution in [3.63, 3.8) is 0 Å². The van der Waals surface area contributed by atoms with Gasteiger partial charge in [-0.15, -0.1) is 58.8 Å². The predicted molar refractivity (Wildman–Crippen MR) is 596 cm³/mol. The molecule has 0 unspecified atom stereocenters. The van der Waals surface area contributed by atoms with Crippen LogP contribution in [0.15, 0.2) is 455 Å². The van der Waals surface area contributed by atoms with Gasteiger partial charge in [0.2, 0.25) is 59.1 Å². The number of benzene rings is 15. The van der Waals surface area contributed by atoms with Crippen LogP contribution in [0, 0.1) is 0 Å². The summed E-state index contributed by atoms with van der Waals surface area (Å²) in [6.45, 7) is -2.47. The van der Waals surface area contributed by atoms with Crippen molar-refractivity contribution in [2.24, 2.45) is 0 Å². The average Bonchev–Trinajstić information content (AvgIpc) is 0.783. The third kappa shape index (κ3) is 26.8. The monoisotopic (exact) mass is 2070 g/mol. The molecule has 27 heteroatoms. The molecule has 0 aliphatic heterocycles. The molecule has 0 saturated carbocycles. The molecule has 0 bridgehead atoms. The Hall–Kier alpha value is -15.8. The highest BCUT2D eigenvalue weighted by atomic mass is 32.2. The second-order valence-corrected chi connectivity index (χ2v) is 41.3. The molecule has 0 spiro atoms. The Morgan fingerprint density at radius 3 is 0.416 bits per heavy atom. The van der Waals surface area contributed by atoms with Crippen LogP contribution in [-0.2, 0) is 76.5 Å². The van der Waals surface area contributed by atoms with Crippen LogP contribution in [0.1, 0.15) is 90.4 Å². The van der Waals surface area contributed by atoms with Gasteiger partial charge in [-0.3, -0.25) is 52.7 Å². The molecule has 15 rings (SSSR count). The van der Waals surface area contributed by atoms with E-state index in [4.69, 9.17) is 0 Å². The van der Waals surface area contributed by atoms with E-state index in [9.17, 15) is 29.1 Å². The van der Waals surface area contributed by atoms with E-state index in [1.54, 1.807) is 0 Å². The first-order chi connectivity index (χ1) is 72.7. The Morgan fingerprint density at radius 1 is 0.188 bits per heavy atom. The van der Waals surface area contributed by atoms with E-state index >= 15 is 28.8 Å². The van der Waals surface area contributed by atoms with Crippen LogP contribution in [0.2, 0.25) is 0 Å². The van der Waals surface area contributed by atoms with Gasteiger partial charge in [-0.05, 0) is 83.5 Å². The molecule has 149 heavy (non-hydrogen) atoms. The average molecular weight is 2070 g/mol. The van der Waals surface area contributed by atoms with E-state index in [0.29, 0.717) is 0 Å². The van der Waals surface area contributed by atoms with Crippen molar-refractivity contribution in [2.75, 3.05) is 61.5 Å². The molecular formula is C122H114N10O12S5. The zero-order valence-corrected chi connectivity index (χ0v) is 85.8. The van der Waals surface area contributed by atoms with Gasteiger partial charge in [0.25, 0.3) is 0 Å². The van der Waals surface area contributed by atoms with Crippen LogP contribution in [-0.4, -0.2) is 162 Å². The number of carbonyl (C=O) groups is 11. The van der Waals surface area contributed by atoms with Crippen molar-refractivity contribution in [1.29, 1.82) is 0 Å². The van der Waals surface area contributed by atoms with E-state index < -0.39 is 152 Å². The lowest BCUT2D eigenvalue weighted by Crippen LogP contribution is -2.56. The third-order valence-electron chi connectivity index (χ3n) is 25.4. The molecule has 0 heterocycles. The Bertz CT molecular complexity index is 6440. The molecule has 15 aromatic carbocycles. The molecule has 11 N–H and O–H groups in total. The third-order valence-corrected chi connectivity index (χ3v) is 33.6. The van der Waals surface area contributed by atoms with Crippen LogP contribution in [0.25, 0.3) is 0 Å². The molecule has 754 valence electrons. The SMILES string of the molecule is CC(=O)N[C@@H](CSC(c1ccccc1)(c1ccccc1)c1ccccc1)C(=O)NCC(=O)N[C@@H](CSC(c1ccccc1)(c1ccccc1)c1ccccc1)C(=O)NCC(=O)N[C@@H](CSC(c1ccccc1)(c1ccccc1)c1ccccc1)C(=O)NCC(=O)N[C@@H](CSC(c1ccccc1)(c1ccccc1)c1ccccc1)C(=O)NCC(=O)N[C@@H](CSC(c1ccccc1)(c1ccccc1)c1ccccc1)C(=O)NCC(=O)O. The first-order valence-electron chi connectivity index (χ1n) is 48.8. The van der Waals surface area contributed by atoms with Gasteiger partial charge in [0.1, 0.15) is 36.8 Å². The number of thioether (sulfide) groups is 5. The molecule has 0 aliphatic rings. The van der Waals surface area contributed by atoms with Gasteiger partial charge >= 0.3 is 5.97 Å². The maximum absolute atomic E-state index is 15.8.